The average Bonchev–Trinajstić information content (AvgIpc) is 2.88. The second-order valence-corrected chi connectivity index (χ2v) is 5.18. The number of hydrogen-bond donors (Lipinski definition) is 0. The Morgan fingerprint density at radius 1 is 1.69 bits per heavy atom. The molecule has 0 amide bonds. The molecule has 0 spiro atoms. The zero-order chi connectivity index (χ0) is 9.52. The molecule has 0 aromatic rings. The van der Waals surface area contributed by atoms with E-state index in [9.17, 15) is 0 Å². The van der Waals surface area contributed by atoms with E-state index in [1.54, 1.807) is 7.11 Å². The summed E-state index contributed by atoms with van der Waals surface area (Å²) in [6, 6.07) is 0. The van der Waals surface area contributed by atoms with Gasteiger partial charge in [0.25, 0.3) is 0 Å². The Bertz CT molecular complexity index is 157. The van der Waals surface area contributed by atoms with Crippen LogP contribution in [-0.2, 0) is 13.9 Å². The molecular formula is C9H18O3Si. The van der Waals surface area contributed by atoms with Crippen LogP contribution in [0.3, 0.4) is 0 Å². The normalized spacial score (nSPS) is 21.2. The topological polar surface area (TPSA) is 31.0 Å². The minimum atomic E-state index is -0.466. The van der Waals surface area contributed by atoms with Gasteiger partial charge >= 0.3 is 0 Å². The van der Waals surface area contributed by atoms with Gasteiger partial charge in [-0.1, -0.05) is 5.20 Å². The maximum Gasteiger partial charge on any atom is 0.187 e. The van der Waals surface area contributed by atoms with E-state index >= 15 is 0 Å². The highest BCUT2D eigenvalue weighted by Crippen LogP contribution is 2.09. The lowest BCUT2D eigenvalue weighted by molar-refractivity contribution is 0.115. The van der Waals surface area contributed by atoms with Crippen LogP contribution in [0.4, 0.5) is 0 Å². The first-order chi connectivity index (χ1) is 6.33. The van der Waals surface area contributed by atoms with Crippen LogP contribution in [0.5, 0.6) is 0 Å². The summed E-state index contributed by atoms with van der Waals surface area (Å²) in [5, 5.41) is 1.27. The molecule has 0 N–H and O–H groups in total. The minimum absolute atomic E-state index is 0.386. The fraction of sp³-hybridized carbons (Fsp3) is 0.778. The summed E-state index contributed by atoms with van der Waals surface area (Å²) in [6.07, 6.45) is 2.49. The van der Waals surface area contributed by atoms with Crippen LogP contribution in [0, 0.1) is 0 Å². The molecule has 1 aliphatic rings. The molecule has 1 fully saturated rings. The predicted molar refractivity (Wildman–Crippen MR) is 54.5 cm³/mol. The van der Waals surface area contributed by atoms with Crippen molar-refractivity contribution in [3.63, 3.8) is 0 Å². The number of rotatable bonds is 8. The Balaban J connectivity index is 1.79. The molecule has 0 bridgehead atoms. The van der Waals surface area contributed by atoms with E-state index < -0.39 is 9.76 Å². The molecule has 1 atom stereocenters. The van der Waals surface area contributed by atoms with Gasteiger partial charge in [0.15, 0.2) is 9.76 Å². The summed E-state index contributed by atoms with van der Waals surface area (Å²) >= 11 is 0. The fourth-order valence-electron chi connectivity index (χ4n) is 1.08. The molecule has 0 aromatic heterocycles. The smallest absolute Gasteiger partial charge is 0.187 e. The maximum atomic E-state index is 5.39. The van der Waals surface area contributed by atoms with Crippen LogP contribution in [0.1, 0.15) is 12.8 Å². The molecule has 3 nitrogen and oxygen atoms in total. The number of ether oxygens (including phenoxy) is 2. The predicted octanol–water partition coefficient (Wildman–Crippen LogP) is 0.426. The van der Waals surface area contributed by atoms with E-state index in [0.717, 1.165) is 32.7 Å². The molecule has 1 heterocycles. The number of allylic oxidation sites excluding steroid dienone is 1. The van der Waals surface area contributed by atoms with Crippen molar-refractivity contribution in [3.8, 4) is 0 Å². The van der Waals surface area contributed by atoms with E-state index in [0.29, 0.717) is 6.10 Å². The third kappa shape index (κ3) is 5.98. The van der Waals surface area contributed by atoms with Gasteiger partial charge in [-0.3, -0.25) is 0 Å². The van der Waals surface area contributed by atoms with Gasteiger partial charge in [0.2, 0.25) is 0 Å². The molecular weight excluding hydrogens is 184 g/mol. The van der Waals surface area contributed by atoms with Crippen molar-refractivity contribution in [1.29, 1.82) is 0 Å². The van der Waals surface area contributed by atoms with Crippen molar-refractivity contribution in [3.05, 3.63) is 11.8 Å². The van der Waals surface area contributed by atoms with E-state index in [1.165, 1.54) is 5.20 Å². The molecule has 0 aromatic carbocycles. The number of epoxide rings is 1. The molecule has 1 saturated heterocycles. The molecule has 0 radical (unpaired) electrons. The maximum absolute atomic E-state index is 5.39. The van der Waals surface area contributed by atoms with Crippen LogP contribution in [0.25, 0.3) is 0 Å². The average molecular weight is 202 g/mol. The summed E-state index contributed by atoms with van der Waals surface area (Å²) in [4.78, 5) is 0. The van der Waals surface area contributed by atoms with Gasteiger partial charge in [0, 0.05) is 13.7 Å². The van der Waals surface area contributed by atoms with Gasteiger partial charge in [-0.2, -0.15) is 0 Å². The molecule has 1 unspecified atom stereocenters. The molecule has 1 rings (SSSR count). The van der Waals surface area contributed by atoms with Gasteiger partial charge in [-0.15, -0.1) is 6.58 Å². The van der Waals surface area contributed by atoms with E-state index in [2.05, 4.69) is 6.58 Å². The van der Waals surface area contributed by atoms with E-state index in [1.807, 2.05) is 0 Å². The largest absolute Gasteiger partial charge is 0.422 e. The summed E-state index contributed by atoms with van der Waals surface area (Å²) in [5.41, 5.74) is 0. The first-order valence-corrected chi connectivity index (χ1v) is 5.96. The van der Waals surface area contributed by atoms with Crippen LogP contribution in [0.2, 0.25) is 0 Å². The van der Waals surface area contributed by atoms with Gasteiger partial charge in [-0.25, -0.2) is 0 Å². The third-order valence-corrected chi connectivity index (χ3v) is 2.92. The van der Waals surface area contributed by atoms with Gasteiger partial charge in [0.05, 0.1) is 13.2 Å². The van der Waals surface area contributed by atoms with Gasteiger partial charge in [0.1, 0.15) is 6.10 Å². The Kier molecular flexibility index (Phi) is 5.30. The van der Waals surface area contributed by atoms with Crippen LogP contribution in [0.15, 0.2) is 11.8 Å². The quantitative estimate of drug-likeness (QED) is 0.325. The molecule has 1 aliphatic heterocycles. The summed E-state index contributed by atoms with van der Waals surface area (Å²) < 4.78 is 15.5. The second kappa shape index (κ2) is 6.31. The van der Waals surface area contributed by atoms with E-state index in [4.69, 9.17) is 13.9 Å². The molecule has 76 valence electrons. The lowest BCUT2D eigenvalue weighted by Crippen LogP contribution is -2.04. The van der Waals surface area contributed by atoms with Crippen LogP contribution in [-0.4, -0.2) is 42.8 Å². The Hall–Kier alpha value is -0.163. The summed E-state index contributed by atoms with van der Waals surface area (Å²) in [5.74, 6) is 0. The van der Waals surface area contributed by atoms with Crippen molar-refractivity contribution in [2.45, 2.75) is 18.9 Å². The lowest BCUT2D eigenvalue weighted by atomic mass is 10.3. The standard InChI is InChI=1S/C9H18O3Si/c1-8(13-10-2)4-3-5-11-6-9-7-12-9/h9H,1,3-7,13H2,2H3. The Morgan fingerprint density at radius 2 is 2.46 bits per heavy atom. The highest BCUT2D eigenvalue weighted by Gasteiger charge is 2.21. The monoisotopic (exact) mass is 202 g/mol. The Morgan fingerprint density at radius 3 is 3.08 bits per heavy atom. The van der Waals surface area contributed by atoms with Crippen molar-refractivity contribution in [2.75, 3.05) is 26.9 Å². The first kappa shape index (κ1) is 10.9. The summed E-state index contributed by atoms with van der Waals surface area (Å²) in [6.45, 7) is 6.40. The molecule has 0 saturated carbocycles. The molecule has 4 heteroatoms. The number of hydrogen-bond acceptors (Lipinski definition) is 3. The molecule has 0 aliphatic carbocycles. The van der Waals surface area contributed by atoms with Crippen molar-refractivity contribution >= 4 is 9.76 Å². The zero-order valence-corrected chi connectivity index (χ0v) is 9.67. The zero-order valence-electron chi connectivity index (χ0n) is 8.25. The van der Waals surface area contributed by atoms with E-state index in [-0.39, 0.29) is 0 Å². The van der Waals surface area contributed by atoms with Crippen molar-refractivity contribution in [2.24, 2.45) is 0 Å². The lowest BCUT2D eigenvalue weighted by Gasteiger charge is -2.03. The van der Waals surface area contributed by atoms with Crippen molar-refractivity contribution in [1.82, 2.24) is 0 Å². The fourth-order valence-corrected chi connectivity index (χ4v) is 1.88. The van der Waals surface area contributed by atoms with Gasteiger partial charge in [-0.05, 0) is 12.8 Å². The Labute approximate surface area is 82.0 Å². The molecule has 13 heavy (non-hydrogen) atoms. The SMILES string of the molecule is C=C(CCCOCC1CO1)[SiH2]OC. The highest BCUT2D eigenvalue weighted by atomic mass is 28.2. The highest BCUT2D eigenvalue weighted by molar-refractivity contribution is 6.37. The van der Waals surface area contributed by atoms with Crippen LogP contribution >= 0.6 is 0 Å². The van der Waals surface area contributed by atoms with Gasteiger partial charge < -0.3 is 13.9 Å². The summed E-state index contributed by atoms with van der Waals surface area (Å²) in [7, 11) is 1.28. The third-order valence-electron chi connectivity index (χ3n) is 1.87. The van der Waals surface area contributed by atoms with Crippen molar-refractivity contribution < 1.29 is 13.9 Å². The first-order valence-electron chi connectivity index (χ1n) is 4.68. The second-order valence-electron chi connectivity index (χ2n) is 3.32. The van der Waals surface area contributed by atoms with Crippen LogP contribution < -0.4 is 0 Å². The minimum Gasteiger partial charge on any atom is -0.422 e.